The first-order valence-electron chi connectivity index (χ1n) is 3.39. The molecule has 0 heterocycles. The molecule has 0 amide bonds. The van der Waals surface area contributed by atoms with E-state index in [0.717, 1.165) is 6.07 Å². The summed E-state index contributed by atoms with van der Waals surface area (Å²) < 4.78 is 31.8. The summed E-state index contributed by atoms with van der Waals surface area (Å²) in [6.07, 6.45) is 0. The van der Waals surface area contributed by atoms with E-state index in [1.807, 2.05) is 6.07 Å². The van der Waals surface area contributed by atoms with Gasteiger partial charge in [-0.05, 0) is 18.2 Å². The van der Waals surface area contributed by atoms with E-state index in [2.05, 4.69) is 0 Å². The van der Waals surface area contributed by atoms with Crippen molar-refractivity contribution in [2.75, 3.05) is 0 Å². The molecule has 0 radical (unpaired) electrons. The third kappa shape index (κ3) is 2.61. The van der Waals surface area contributed by atoms with E-state index < -0.39 is 16.9 Å². The largest absolute Gasteiger partial charge is 0.306 e. The standard InChI is InChI=1S/C8H6FNO2S/c9-8-2-1-6(4-10)3-7(8)5-13(11)12/h1-3H,5H2,(H,11,12). The van der Waals surface area contributed by atoms with E-state index >= 15 is 0 Å². The van der Waals surface area contributed by atoms with Crippen LogP contribution in [0.5, 0.6) is 0 Å². The highest BCUT2D eigenvalue weighted by atomic mass is 32.2. The third-order valence-corrected chi connectivity index (χ3v) is 2.01. The van der Waals surface area contributed by atoms with E-state index in [9.17, 15) is 8.60 Å². The summed E-state index contributed by atoms with van der Waals surface area (Å²) in [4.78, 5) is 0. The van der Waals surface area contributed by atoms with E-state index in [1.54, 1.807) is 0 Å². The average molecular weight is 199 g/mol. The van der Waals surface area contributed by atoms with Crippen LogP contribution in [0.3, 0.4) is 0 Å². The Balaban J connectivity index is 3.05. The zero-order valence-electron chi connectivity index (χ0n) is 6.53. The van der Waals surface area contributed by atoms with Gasteiger partial charge < -0.3 is 4.55 Å². The second kappa shape index (κ2) is 4.12. The Morgan fingerprint density at radius 1 is 1.62 bits per heavy atom. The van der Waals surface area contributed by atoms with Gasteiger partial charge in [-0.25, -0.2) is 8.60 Å². The quantitative estimate of drug-likeness (QED) is 0.733. The summed E-state index contributed by atoms with van der Waals surface area (Å²) in [6, 6.07) is 5.52. The molecular weight excluding hydrogens is 193 g/mol. The Morgan fingerprint density at radius 2 is 2.31 bits per heavy atom. The molecule has 0 bridgehead atoms. The Kier molecular flexibility index (Phi) is 3.12. The Bertz CT molecular complexity index is 386. The van der Waals surface area contributed by atoms with Crippen molar-refractivity contribution in [3.05, 3.63) is 35.1 Å². The van der Waals surface area contributed by atoms with E-state index in [0.29, 0.717) is 0 Å². The molecule has 68 valence electrons. The van der Waals surface area contributed by atoms with Crippen molar-refractivity contribution in [3.8, 4) is 6.07 Å². The van der Waals surface area contributed by atoms with Crippen LogP contribution in [0.1, 0.15) is 11.1 Å². The van der Waals surface area contributed by atoms with Crippen LogP contribution in [0.4, 0.5) is 4.39 Å². The Morgan fingerprint density at radius 3 is 2.85 bits per heavy atom. The molecule has 13 heavy (non-hydrogen) atoms. The fourth-order valence-electron chi connectivity index (χ4n) is 0.888. The summed E-state index contributed by atoms with van der Waals surface area (Å²) in [6.45, 7) is 0. The summed E-state index contributed by atoms with van der Waals surface area (Å²) in [7, 11) is 0. The van der Waals surface area contributed by atoms with Gasteiger partial charge in [-0.15, -0.1) is 0 Å². The summed E-state index contributed by atoms with van der Waals surface area (Å²) in [5, 5.41) is 8.48. The molecule has 0 aliphatic rings. The van der Waals surface area contributed by atoms with Gasteiger partial charge in [-0.3, -0.25) is 0 Å². The lowest BCUT2D eigenvalue weighted by Crippen LogP contribution is -1.97. The fourth-order valence-corrected chi connectivity index (χ4v) is 1.38. The van der Waals surface area contributed by atoms with Gasteiger partial charge in [0.2, 0.25) is 0 Å². The van der Waals surface area contributed by atoms with Crippen molar-refractivity contribution < 1.29 is 13.2 Å². The normalized spacial score (nSPS) is 12.1. The second-order valence-corrected chi connectivity index (χ2v) is 3.32. The minimum Gasteiger partial charge on any atom is -0.306 e. The average Bonchev–Trinajstić information content (AvgIpc) is 2.08. The van der Waals surface area contributed by atoms with Crippen LogP contribution in [0.15, 0.2) is 18.2 Å². The monoisotopic (exact) mass is 199 g/mol. The molecule has 0 aliphatic carbocycles. The van der Waals surface area contributed by atoms with E-state index in [-0.39, 0.29) is 16.9 Å². The highest BCUT2D eigenvalue weighted by Gasteiger charge is 2.05. The van der Waals surface area contributed by atoms with Gasteiger partial charge in [0.15, 0.2) is 11.1 Å². The summed E-state index contributed by atoms with van der Waals surface area (Å²) in [5.74, 6) is -0.858. The molecule has 1 unspecified atom stereocenters. The molecule has 5 heteroatoms. The highest BCUT2D eigenvalue weighted by molar-refractivity contribution is 7.78. The van der Waals surface area contributed by atoms with Crippen LogP contribution in [0.2, 0.25) is 0 Å². The lowest BCUT2D eigenvalue weighted by atomic mass is 10.1. The molecule has 3 nitrogen and oxygen atoms in total. The van der Waals surface area contributed by atoms with Gasteiger partial charge in [0.05, 0.1) is 17.4 Å². The van der Waals surface area contributed by atoms with Crippen molar-refractivity contribution in [3.63, 3.8) is 0 Å². The predicted octanol–water partition coefficient (Wildman–Crippen LogP) is 1.42. The minimum absolute atomic E-state index is 0.0832. The molecule has 1 atom stereocenters. The van der Waals surface area contributed by atoms with Crippen LogP contribution in [0, 0.1) is 17.1 Å². The van der Waals surface area contributed by atoms with Crippen LogP contribution in [-0.2, 0) is 16.8 Å². The van der Waals surface area contributed by atoms with Crippen LogP contribution in [0.25, 0.3) is 0 Å². The van der Waals surface area contributed by atoms with Gasteiger partial charge in [0.1, 0.15) is 5.82 Å². The summed E-state index contributed by atoms with van der Waals surface area (Å²) in [5.41, 5.74) is 0.363. The van der Waals surface area contributed by atoms with Crippen LogP contribution >= 0.6 is 0 Å². The molecule has 0 fully saturated rings. The zero-order valence-corrected chi connectivity index (χ0v) is 7.34. The Labute approximate surface area is 77.1 Å². The van der Waals surface area contributed by atoms with Gasteiger partial charge in [-0.1, -0.05) is 0 Å². The van der Waals surface area contributed by atoms with Crippen LogP contribution in [-0.4, -0.2) is 8.76 Å². The van der Waals surface area contributed by atoms with Gasteiger partial charge >= 0.3 is 0 Å². The highest BCUT2D eigenvalue weighted by Crippen LogP contribution is 2.11. The number of hydrogen-bond acceptors (Lipinski definition) is 2. The van der Waals surface area contributed by atoms with Crippen molar-refractivity contribution in [1.29, 1.82) is 5.26 Å². The molecular formula is C8H6FNO2S. The molecule has 1 aromatic carbocycles. The van der Waals surface area contributed by atoms with Crippen molar-refractivity contribution in [1.82, 2.24) is 0 Å². The molecule has 0 saturated heterocycles. The van der Waals surface area contributed by atoms with Gasteiger partial charge in [0, 0.05) is 5.56 Å². The molecule has 0 aromatic heterocycles. The lowest BCUT2D eigenvalue weighted by molar-refractivity contribution is 0.559. The first-order valence-corrected chi connectivity index (χ1v) is 4.67. The smallest absolute Gasteiger partial charge is 0.157 e. The molecule has 1 N–H and O–H groups in total. The number of nitriles is 1. The van der Waals surface area contributed by atoms with Gasteiger partial charge in [-0.2, -0.15) is 5.26 Å². The SMILES string of the molecule is N#Cc1ccc(F)c(CS(=O)O)c1. The number of hydrogen-bond donors (Lipinski definition) is 1. The minimum atomic E-state index is -2.09. The molecule has 1 rings (SSSR count). The first-order chi connectivity index (χ1) is 6.13. The van der Waals surface area contributed by atoms with Crippen molar-refractivity contribution in [2.24, 2.45) is 0 Å². The molecule has 0 spiro atoms. The molecule has 0 saturated carbocycles. The van der Waals surface area contributed by atoms with Gasteiger partial charge in [0.25, 0.3) is 0 Å². The summed E-state index contributed by atoms with van der Waals surface area (Å²) >= 11 is -2.09. The molecule has 0 aliphatic heterocycles. The first kappa shape index (κ1) is 9.84. The van der Waals surface area contributed by atoms with Crippen molar-refractivity contribution >= 4 is 11.1 Å². The van der Waals surface area contributed by atoms with Crippen LogP contribution < -0.4 is 0 Å². The van der Waals surface area contributed by atoms with Crippen molar-refractivity contribution in [2.45, 2.75) is 5.75 Å². The predicted molar refractivity (Wildman–Crippen MR) is 45.6 cm³/mol. The zero-order chi connectivity index (χ0) is 9.84. The maximum absolute atomic E-state index is 12.9. The number of halogens is 1. The number of rotatable bonds is 2. The number of nitrogens with zero attached hydrogens (tertiary/aromatic N) is 1. The lowest BCUT2D eigenvalue weighted by Gasteiger charge is -1.99. The fraction of sp³-hybridized carbons (Fsp3) is 0.125. The molecule has 1 aromatic rings. The maximum atomic E-state index is 12.9. The third-order valence-electron chi connectivity index (χ3n) is 1.45. The second-order valence-electron chi connectivity index (χ2n) is 2.38. The maximum Gasteiger partial charge on any atom is 0.157 e. The number of benzene rings is 1. The van der Waals surface area contributed by atoms with E-state index in [4.69, 9.17) is 9.81 Å². The Hall–Kier alpha value is -1.25. The topological polar surface area (TPSA) is 61.1 Å². The van der Waals surface area contributed by atoms with E-state index in [1.165, 1.54) is 12.1 Å².